The largest absolute Gasteiger partial charge is 0.493 e. The Morgan fingerprint density at radius 1 is 1.28 bits per heavy atom. The van der Waals surface area contributed by atoms with Crippen LogP contribution in [0.25, 0.3) is 16.7 Å². The molecular weight excluding hydrogens is 410 g/mol. The maximum atomic E-state index is 12.5. The third kappa shape index (κ3) is 5.45. The number of hydrogen-bond donors (Lipinski definition) is 2. The van der Waals surface area contributed by atoms with E-state index in [9.17, 15) is 14.7 Å². The summed E-state index contributed by atoms with van der Waals surface area (Å²) in [5.74, 6) is -1.05. The van der Waals surface area contributed by atoms with Crippen molar-refractivity contribution in [2.24, 2.45) is 0 Å². The molecule has 0 saturated heterocycles. The third-order valence-corrected chi connectivity index (χ3v) is 5.28. The topological polar surface area (TPSA) is 103 Å². The van der Waals surface area contributed by atoms with Crippen molar-refractivity contribution in [1.29, 1.82) is 0 Å². The Labute approximate surface area is 187 Å². The minimum atomic E-state index is -1.25. The number of nitrogens with zero attached hydrogens (tertiary/aromatic N) is 2. The fraction of sp³-hybridized carbons (Fsp3) is 0.375. The van der Waals surface area contributed by atoms with Crippen LogP contribution in [0.3, 0.4) is 0 Å². The van der Waals surface area contributed by atoms with Gasteiger partial charge in [-0.05, 0) is 55.2 Å². The maximum absolute atomic E-state index is 12.5. The molecule has 3 rings (SSSR count). The standard InChI is InChI=1S/C24H29N3O5/c1-4-27-15-18(13-26-27)20-12-19-16(2)10-22(28)21(24(29)30)14-25-7-6-17(19)11-23(20)32-9-5-8-31-3/h10-15,25H,4-9H2,1-3H3,(H,29,30)/b16-10+,21-14+. The minimum Gasteiger partial charge on any atom is -0.493 e. The fourth-order valence-corrected chi connectivity index (χ4v) is 3.57. The highest BCUT2D eigenvalue weighted by atomic mass is 16.5. The van der Waals surface area contributed by atoms with Crippen LogP contribution in [0.15, 0.2) is 42.4 Å². The molecule has 0 amide bonds. The van der Waals surface area contributed by atoms with Gasteiger partial charge in [-0.2, -0.15) is 5.10 Å². The predicted molar refractivity (Wildman–Crippen MR) is 121 cm³/mol. The SMILES string of the molecule is CCn1cc(-c2cc3c(cc2OCCCOC)CCN/C=C(/C(=O)O)C(=O)/C=C/3C)cn1. The van der Waals surface area contributed by atoms with E-state index < -0.39 is 11.8 Å². The summed E-state index contributed by atoms with van der Waals surface area (Å²) >= 11 is 0. The molecule has 8 nitrogen and oxygen atoms in total. The van der Waals surface area contributed by atoms with Gasteiger partial charge < -0.3 is 19.9 Å². The van der Waals surface area contributed by atoms with Gasteiger partial charge in [-0.3, -0.25) is 9.48 Å². The quantitative estimate of drug-likeness (QED) is 0.481. The number of ether oxygens (including phenoxy) is 2. The number of carboxylic acids is 1. The lowest BCUT2D eigenvalue weighted by molar-refractivity contribution is -0.134. The lowest BCUT2D eigenvalue weighted by Crippen LogP contribution is -2.19. The number of aliphatic carboxylic acids is 1. The van der Waals surface area contributed by atoms with Gasteiger partial charge in [0.25, 0.3) is 0 Å². The minimum absolute atomic E-state index is 0.282. The van der Waals surface area contributed by atoms with Gasteiger partial charge in [0.2, 0.25) is 0 Å². The van der Waals surface area contributed by atoms with Gasteiger partial charge in [-0.1, -0.05) is 0 Å². The highest BCUT2D eigenvalue weighted by Gasteiger charge is 2.20. The first-order chi connectivity index (χ1) is 15.4. The van der Waals surface area contributed by atoms with E-state index in [0.29, 0.717) is 31.8 Å². The zero-order valence-electron chi connectivity index (χ0n) is 18.7. The summed E-state index contributed by atoms with van der Waals surface area (Å²) in [4.78, 5) is 24.0. The molecule has 2 N–H and O–H groups in total. The number of rotatable bonds is 8. The number of carboxylic acid groups (broad SMARTS) is 1. The van der Waals surface area contributed by atoms with Gasteiger partial charge in [0.15, 0.2) is 5.78 Å². The van der Waals surface area contributed by atoms with Gasteiger partial charge in [0.05, 0.1) is 12.8 Å². The molecule has 32 heavy (non-hydrogen) atoms. The summed E-state index contributed by atoms with van der Waals surface area (Å²) < 4.78 is 13.1. The highest BCUT2D eigenvalue weighted by Crippen LogP contribution is 2.36. The number of ketones is 1. The molecule has 0 atom stereocenters. The Hall–Kier alpha value is -3.39. The molecule has 0 unspecified atom stereocenters. The van der Waals surface area contributed by atoms with Gasteiger partial charge in [0, 0.05) is 56.8 Å². The van der Waals surface area contributed by atoms with E-state index in [2.05, 4.69) is 10.4 Å². The number of methoxy groups -OCH3 is 1. The molecular formula is C24H29N3O5. The lowest BCUT2D eigenvalue weighted by Gasteiger charge is -2.18. The second-order valence-corrected chi connectivity index (χ2v) is 7.54. The van der Waals surface area contributed by atoms with Crippen molar-refractivity contribution in [3.63, 3.8) is 0 Å². The first-order valence-electron chi connectivity index (χ1n) is 10.7. The molecule has 1 aliphatic rings. The van der Waals surface area contributed by atoms with Crippen LogP contribution in [0.4, 0.5) is 0 Å². The molecule has 1 aromatic carbocycles. The van der Waals surface area contributed by atoms with E-state index in [4.69, 9.17) is 9.47 Å². The maximum Gasteiger partial charge on any atom is 0.341 e. The number of carbonyl (C=O) groups excluding carboxylic acids is 1. The van der Waals surface area contributed by atoms with Gasteiger partial charge >= 0.3 is 5.97 Å². The first-order valence-corrected chi connectivity index (χ1v) is 10.7. The summed E-state index contributed by atoms with van der Waals surface area (Å²) in [6, 6.07) is 4.01. The fourth-order valence-electron chi connectivity index (χ4n) is 3.57. The van der Waals surface area contributed by atoms with Crippen molar-refractivity contribution < 1.29 is 24.2 Å². The number of nitrogens with one attached hydrogen (secondary N) is 1. The van der Waals surface area contributed by atoms with Crippen LogP contribution in [0, 0.1) is 0 Å². The van der Waals surface area contributed by atoms with Crippen molar-refractivity contribution in [3.8, 4) is 16.9 Å². The van der Waals surface area contributed by atoms with Crippen LogP contribution in [0.2, 0.25) is 0 Å². The molecule has 1 aromatic heterocycles. The smallest absolute Gasteiger partial charge is 0.341 e. The zero-order chi connectivity index (χ0) is 23.1. The Balaban J connectivity index is 2.08. The van der Waals surface area contributed by atoms with Crippen molar-refractivity contribution >= 4 is 17.3 Å². The zero-order valence-corrected chi connectivity index (χ0v) is 18.7. The van der Waals surface area contributed by atoms with E-state index in [1.54, 1.807) is 13.3 Å². The Bertz CT molecular complexity index is 1050. The van der Waals surface area contributed by atoms with Crippen LogP contribution in [0.5, 0.6) is 5.75 Å². The van der Waals surface area contributed by atoms with Crippen molar-refractivity contribution in [2.75, 3.05) is 26.9 Å². The average Bonchev–Trinajstić information content (AvgIpc) is 3.25. The van der Waals surface area contributed by atoms with Crippen molar-refractivity contribution in [2.45, 2.75) is 33.2 Å². The number of hydrogen-bond acceptors (Lipinski definition) is 6. The van der Waals surface area contributed by atoms with Gasteiger partial charge in [0.1, 0.15) is 11.3 Å². The van der Waals surface area contributed by atoms with Crippen LogP contribution in [-0.2, 0) is 27.3 Å². The summed E-state index contributed by atoms with van der Waals surface area (Å²) in [6.45, 7) is 6.20. The van der Waals surface area contributed by atoms with Crippen molar-refractivity contribution in [3.05, 3.63) is 53.5 Å². The van der Waals surface area contributed by atoms with Crippen LogP contribution >= 0.6 is 0 Å². The Kier molecular flexibility index (Phi) is 7.83. The number of carbonyl (C=O) groups is 2. The molecule has 2 aromatic rings. The molecule has 8 heteroatoms. The summed E-state index contributed by atoms with van der Waals surface area (Å²) in [6.07, 6.45) is 7.81. The van der Waals surface area contributed by atoms with Crippen LogP contribution < -0.4 is 10.1 Å². The summed E-state index contributed by atoms with van der Waals surface area (Å²) in [5, 5.41) is 16.7. The number of benzene rings is 1. The second-order valence-electron chi connectivity index (χ2n) is 7.54. The monoisotopic (exact) mass is 439 g/mol. The number of aromatic nitrogens is 2. The van der Waals surface area contributed by atoms with Gasteiger partial charge in [-0.15, -0.1) is 0 Å². The van der Waals surface area contributed by atoms with E-state index in [1.807, 2.05) is 36.9 Å². The lowest BCUT2D eigenvalue weighted by atomic mass is 9.92. The van der Waals surface area contributed by atoms with Gasteiger partial charge in [-0.25, -0.2) is 4.79 Å². The Morgan fingerprint density at radius 2 is 2.09 bits per heavy atom. The summed E-state index contributed by atoms with van der Waals surface area (Å²) in [5.41, 5.74) is 4.11. The summed E-state index contributed by atoms with van der Waals surface area (Å²) in [7, 11) is 1.66. The first kappa shape index (κ1) is 23.3. The normalized spacial score (nSPS) is 17.4. The van der Waals surface area contributed by atoms with E-state index in [1.165, 1.54) is 12.3 Å². The molecule has 0 bridgehead atoms. The molecule has 0 saturated carbocycles. The third-order valence-electron chi connectivity index (χ3n) is 5.28. The Morgan fingerprint density at radius 3 is 2.78 bits per heavy atom. The molecule has 0 aliphatic carbocycles. The van der Waals surface area contributed by atoms with Crippen molar-refractivity contribution in [1.82, 2.24) is 15.1 Å². The molecule has 0 fully saturated rings. The average molecular weight is 440 g/mol. The van der Waals surface area contributed by atoms with E-state index >= 15 is 0 Å². The molecule has 0 spiro atoms. The van der Waals surface area contributed by atoms with Crippen LogP contribution in [-0.4, -0.2) is 53.5 Å². The van der Waals surface area contributed by atoms with E-state index in [-0.39, 0.29) is 5.57 Å². The number of fused-ring (bicyclic) bond motifs is 1. The highest BCUT2D eigenvalue weighted by molar-refractivity contribution is 6.22. The molecule has 0 radical (unpaired) electrons. The molecule has 2 heterocycles. The number of aryl methyl sites for hydroxylation is 1. The second kappa shape index (κ2) is 10.8. The van der Waals surface area contributed by atoms with Crippen LogP contribution in [0.1, 0.15) is 31.4 Å². The molecule has 170 valence electrons. The molecule has 1 aliphatic heterocycles. The number of allylic oxidation sites excluding steroid dienone is 2. The van der Waals surface area contributed by atoms with E-state index in [0.717, 1.165) is 41.0 Å². The predicted octanol–water partition coefficient (Wildman–Crippen LogP) is 3.07.